The molecule has 0 atom stereocenters. The fourth-order valence-electron chi connectivity index (χ4n) is 2.53. The Hall–Kier alpha value is -1.70. The summed E-state index contributed by atoms with van der Waals surface area (Å²) in [6, 6.07) is 8.45. The van der Waals surface area contributed by atoms with Gasteiger partial charge in [-0.3, -0.25) is 10.0 Å². The van der Waals surface area contributed by atoms with Crippen molar-refractivity contribution < 1.29 is 18.4 Å². The molecule has 0 spiro atoms. The lowest BCUT2D eigenvalue weighted by molar-refractivity contribution is -0.124. The molecule has 1 aliphatic rings. The molecule has 0 saturated carbocycles. The lowest BCUT2D eigenvalue weighted by Crippen LogP contribution is -2.38. The second-order valence-corrected chi connectivity index (χ2v) is 7.21. The van der Waals surface area contributed by atoms with Crippen LogP contribution in [0.4, 0.5) is 0 Å². The lowest BCUT2D eigenvalue weighted by atomic mass is 9.94. The van der Waals surface area contributed by atoms with Crippen LogP contribution in [0.5, 0.6) is 0 Å². The van der Waals surface area contributed by atoms with Crippen LogP contribution in [0.15, 0.2) is 47.4 Å². The van der Waals surface area contributed by atoms with E-state index in [4.69, 9.17) is 5.21 Å². The summed E-state index contributed by atoms with van der Waals surface area (Å²) in [5.74, 6) is -0.200. The first-order valence-electron chi connectivity index (χ1n) is 7.20. The Bertz CT molecular complexity index is 620. The molecule has 1 aliphatic heterocycles. The maximum absolute atomic E-state index is 12.5. The van der Waals surface area contributed by atoms with Crippen molar-refractivity contribution in [2.45, 2.75) is 24.2 Å². The molecule has 6 nitrogen and oxygen atoms in total. The van der Waals surface area contributed by atoms with Crippen molar-refractivity contribution in [2.24, 2.45) is 5.92 Å². The van der Waals surface area contributed by atoms with Crippen LogP contribution in [0.1, 0.15) is 19.3 Å². The highest BCUT2D eigenvalue weighted by Gasteiger charge is 2.28. The van der Waals surface area contributed by atoms with Crippen LogP contribution in [0.3, 0.4) is 0 Å². The molecular formula is C15H20N2O4S. The summed E-state index contributed by atoms with van der Waals surface area (Å²) in [7, 11) is -3.41. The van der Waals surface area contributed by atoms with Gasteiger partial charge in [0.2, 0.25) is 10.0 Å². The first-order chi connectivity index (χ1) is 10.5. The number of allylic oxidation sites excluding steroid dienone is 1. The number of hydrogen-bond donors (Lipinski definition) is 2. The van der Waals surface area contributed by atoms with E-state index >= 15 is 0 Å². The minimum atomic E-state index is -3.41. The van der Waals surface area contributed by atoms with E-state index in [2.05, 4.69) is 0 Å². The Balaban J connectivity index is 1.90. The van der Waals surface area contributed by atoms with Crippen molar-refractivity contribution in [1.82, 2.24) is 9.79 Å². The number of rotatable bonds is 5. The number of hydroxylamine groups is 1. The average Bonchev–Trinajstić information content (AvgIpc) is 2.56. The number of amides is 1. The number of carbonyl (C=O) groups excluding carboxylic acids is 1. The standard InChI is InChI=1S/C15H20N2O4S/c18-15(16-19)8-4-5-13-9-11-17(12-10-13)22(20,21)14-6-2-1-3-7-14/h1-4,6-8,13,19H,5,9-12H2,(H,16,18)/b8-4+. The van der Waals surface area contributed by atoms with Crippen molar-refractivity contribution >= 4 is 15.9 Å². The van der Waals surface area contributed by atoms with Crippen LogP contribution >= 0.6 is 0 Å². The number of benzene rings is 1. The molecule has 1 saturated heterocycles. The largest absolute Gasteiger partial charge is 0.288 e. The summed E-state index contributed by atoms with van der Waals surface area (Å²) in [5, 5.41) is 8.38. The molecule has 2 N–H and O–H groups in total. The Morgan fingerprint density at radius 2 is 1.91 bits per heavy atom. The predicted molar refractivity (Wildman–Crippen MR) is 81.6 cm³/mol. The predicted octanol–water partition coefficient (Wildman–Crippen LogP) is 1.54. The molecule has 22 heavy (non-hydrogen) atoms. The van der Waals surface area contributed by atoms with Gasteiger partial charge >= 0.3 is 0 Å². The third-order valence-corrected chi connectivity index (χ3v) is 5.72. The number of sulfonamides is 1. The average molecular weight is 324 g/mol. The molecule has 0 aliphatic carbocycles. The van der Waals surface area contributed by atoms with Gasteiger partial charge in [-0.25, -0.2) is 13.9 Å². The summed E-state index contributed by atoms with van der Waals surface area (Å²) >= 11 is 0. The van der Waals surface area contributed by atoms with Gasteiger partial charge in [0.1, 0.15) is 0 Å². The summed E-state index contributed by atoms with van der Waals surface area (Å²) in [6.07, 6.45) is 5.21. The SMILES string of the molecule is O=C(/C=C/CC1CCN(S(=O)(=O)c2ccccc2)CC1)NO. The molecular weight excluding hydrogens is 304 g/mol. The van der Waals surface area contributed by atoms with E-state index in [0.29, 0.717) is 30.3 Å². The van der Waals surface area contributed by atoms with Crippen LogP contribution in [0.2, 0.25) is 0 Å². The second kappa shape index (κ2) is 7.53. The molecule has 1 aromatic rings. The van der Waals surface area contributed by atoms with Crippen molar-refractivity contribution in [3.05, 3.63) is 42.5 Å². The number of piperidine rings is 1. The highest BCUT2D eigenvalue weighted by atomic mass is 32.2. The van der Waals surface area contributed by atoms with Crippen LogP contribution in [-0.4, -0.2) is 36.9 Å². The van der Waals surface area contributed by atoms with Gasteiger partial charge in [-0.2, -0.15) is 4.31 Å². The molecule has 0 bridgehead atoms. The van der Waals surface area contributed by atoms with E-state index in [9.17, 15) is 13.2 Å². The Kier molecular flexibility index (Phi) is 5.70. The van der Waals surface area contributed by atoms with E-state index in [1.54, 1.807) is 36.4 Å². The molecule has 120 valence electrons. The van der Waals surface area contributed by atoms with Gasteiger partial charge in [-0.05, 0) is 37.3 Å². The maximum Gasteiger partial charge on any atom is 0.267 e. The molecule has 1 fully saturated rings. The molecule has 2 rings (SSSR count). The molecule has 1 aromatic carbocycles. The summed E-state index contributed by atoms with van der Waals surface area (Å²) < 4.78 is 26.5. The van der Waals surface area contributed by atoms with E-state index in [-0.39, 0.29) is 0 Å². The third-order valence-electron chi connectivity index (χ3n) is 3.80. The first kappa shape index (κ1) is 16.7. The highest BCUT2D eigenvalue weighted by Crippen LogP contribution is 2.25. The van der Waals surface area contributed by atoms with Crippen molar-refractivity contribution in [3.8, 4) is 0 Å². The highest BCUT2D eigenvalue weighted by molar-refractivity contribution is 7.89. The van der Waals surface area contributed by atoms with E-state index in [1.807, 2.05) is 0 Å². The molecule has 1 amide bonds. The summed E-state index contributed by atoms with van der Waals surface area (Å²) in [6.45, 7) is 0.976. The minimum Gasteiger partial charge on any atom is -0.288 e. The van der Waals surface area contributed by atoms with Crippen LogP contribution in [0.25, 0.3) is 0 Å². The van der Waals surface area contributed by atoms with Gasteiger partial charge in [-0.15, -0.1) is 0 Å². The van der Waals surface area contributed by atoms with Gasteiger partial charge in [0.15, 0.2) is 0 Å². The fraction of sp³-hybridized carbons (Fsp3) is 0.400. The van der Waals surface area contributed by atoms with Gasteiger partial charge in [0.05, 0.1) is 4.90 Å². The number of carbonyl (C=O) groups is 1. The van der Waals surface area contributed by atoms with E-state index < -0.39 is 15.9 Å². The monoisotopic (exact) mass is 324 g/mol. The van der Waals surface area contributed by atoms with E-state index in [1.165, 1.54) is 15.9 Å². The van der Waals surface area contributed by atoms with Crippen molar-refractivity contribution in [1.29, 1.82) is 0 Å². The van der Waals surface area contributed by atoms with Crippen LogP contribution < -0.4 is 5.48 Å². The summed E-state index contributed by atoms with van der Waals surface area (Å²) in [4.78, 5) is 11.2. The third kappa shape index (κ3) is 4.16. The molecule has 7 heteroatoms. The first-order valence-corrected chi connectivity index (χ1v) is 8.64. The maximum atomic E-state index is 12.5. The van der Waals surface area contributed by atoms with Gasteiger partial charge in [0, 0.05) is 19.2 Å². The number of nitrogens with one attached hydrogen (secondary N) is 1. The molecule has 1 heterocycles. The zero-order valence-corrected chi connectivity index (χ0v) is 13.0. The van der Waals surface area contributed by atoms with Gasteiger partial charge < -0.3 is 0 Å². The fourth-order valence-corrected chi connectivity index (χ4v) is 4.02. The quantitative estimate of drug-likeness (QED) is 0.489. The molecule has 0 aromatic heterocycles. The van der Waals surface area contributed by atoms with Crippen LogP contribution in [-0.2, 0) is 14.8 Å². The Morgan fingerprint density at radius 1 is 1.27 bits per heavy atom. The van der Waals surface area contributed by atoms with Crippen molar-refractivity contribution in [2.75, 3.05) is 13.1 Å². The van der Waals surface area contributed by atoms with Gasteiger partial charge in [0.25, 0.3) is 5.91 Å². The second-order valence-electron chi connectivity index (χ2n) is 5.27. The van der Waals surface area contributed by atoms with E-state index in [0.717, 1.165) is 12.8 Å². The van der Waals surface area contributed by atoms with Crippen LogP contribution in [0, 0.1) is 5.92 Å². The van der Waals surface area contributed by atoms with Crippen molar-refractivity contribution in [3.63, 3.8) is 0 Å². The topological polar surface area (TPSA) is 86.7 Å². The van der Waals surface area contributed by atoms with Gasteiger partial charge in [-0.1, -0.05) is 24.3 Å². The Morgan fingerprint density at radius 3 is 2.50 bits per heavy atom. The smallest absolute Gasteiger partial charge is 0.267 e. The normalized spacial score (nSPS) is 17.7. The molecule has 0 unspecified atom stereocenters. The molecule has 0 radical (unpaired) electrons. The zero-order valence-electron chi connectivity index (χ0n) is 12.2. The summed E-state index contributed by atoms with van der Waals surface area (Å²) in [5.41, 5.74) is 1.53. The lowest BCUT2D eigenvalue weighted by Gasteiger charge is -2.30. The minimum absolute atomic E-state index is 0.327. The Labute approximate surface area is 130 Å². The number of hydrogen-bond acceptors (Lipinski definition) is 4. The zero-order chi connectivity index (χ0) is 16.0. The number of nitrogens with zero attached hydrogens (tertiary/aromatic N) is 1.